The van der Waals surface area contributed by atoms with Crippen LogP contribution in [0.1, 0.15) is 42.1 Å². The molecule has 5 nitrogen and oxygen atoms in total. The zero-order chi connectivity index (χ0) is 17.6. The van der Waals surface area contributed by atoms with Crippen LogP contribution < -0.4 is 5.32 Å². The number of hydrogen-bond donors (Lipinski definition) is 1. The van der Waals surface area contributed by atoms with Crippen molar-refractivity contribution in [3.63, 3.8) is 0 Å². The first-order valence-corrected chi connectivity index (χ1v) is 9.11. The van der Waals surface area contributed by atoms with Gasteiger partial charge in [-0.15, -0.1) is 0 Å². The Kier molecular flexibility index (Phi) is 5.87. The molecule has 0 unspecified atom stereocenters. The molecule has 5 heteroatoms. The second kappa shape index (κ2) is 8.30. The van der Waals surface area contributed by atoms with Crippen LogP contribution in [-0.2, 0) is 9.53 Å². The summed E-state index contributed by atoms with van der Waals surface area (Å²) in [6, 6.07) is 7.69. The van der Waals surface area contributed by atoms with E-state index < -0.39 is 0 Å². The largest absolute Gasteiger partial charge is 0.381 e. The van der Waals surface area contributed by atoms with Gasteiger partial charge in [0.05, 0.1) is 6.61 Å². The Hall–Kier alpha value is -2.14. The highest BCUT2D eigenvalue weighted by Crippen LogP contribution is 2.19. The minimum atomic E-state index is -0.0231. The van der Waals surface area contributed by atoms with Gasteiger partial charge in [0.1, 0.15) is 0 Å². The Labute approximate surface area is 149 Å². The first-order chi connectivity index (χ1) is 12.2. The third-order valence-corrected chi connectivity index (χ3v) is 4.70. The van der Waals surface area contributed by atoms with E-state index in [1.54, 1.807) is 24.3 Å². The lowest BCUT2D eigenvalue weighted by molar-refractivity contribution is -0.126. The summed E-state index contributed by atoms with van der Waals surface area (Å²) in [6.45, 7) is 4.99. The zero-order valence-corrected chi connectivity index (χ0v) is 14.7. The standard InChI is InChI=1S/C20H26N2O3/c1-2-22(13-16-11-12-25-14-16)19(23)10-5-15-3-6-17(7-4-15)20(24)21-18-8-9-18/h3-7,10,16,18H,2,8-9,11-14H2,1H3,(H,21,24)/b10-5+/t16-/m0/s1. The molecule has 2 aliphatic rings. The summed E-state index contributed by atoms with van der Waals surface area (Å²) >= 11 is 0. The number of ether oxygens (including phenoxy) is 1. The van der Waals surface area contributed by atoms with Crippen molar-refractivity contribution >= 4 is 17.9 Å². The predicted octanol–water partition coefficient (Wildman–Crippen LogP) is 2.48. The smallest absolute Gasteiger partial charge is 0.251 e. The second-order valence-corrected chi connectivity index (χ2v) is 6.81. The van der Waals surface area contributed by atoms with Crippen LogP contribution in [0.2, 0.25) is 0 Å². The van der Waals surface area contributed by atoms with Crippen molar-refractivity contribution in [2.45, 2.75) is 32.2 Å². The number of nitrogens with zero attached hydrogens (tertiary/aromatic N) is 1. The number of amides is 2. The molecule has 134 valence electrons. The van der Waals surface area contributed by atoms with Crippen LogP contribution >= 0.6 is 0 Å². The molecule has 1 saturated carbocycles. The Morgan fingerprint density at radius 1 is 1.24 bits per heavy atom. The Morgan fingerprint density at radius 2 is 2.00 bits per heavy atom. The molecule has 2 fully saturated rings. The van der Waals surface area contributed by atoms with Crippen molar-refractivity contribution < 1.29 is 14.3 Å². The van der Waals surface area contributed by atoms with Gasteiger partial charge in [0.25, 0.3) is 5.91 Å². The highest BCUT2D eigenvalue weighted by Gasteiger charge is 2.23. The van der Waals surface area contributed by atoms with Gasteiger partial charge in [0.2, 0.25) is 5.91 Å². The number of likely N-dealkylation sites (N-methyl/N-ethyl adjacent to an activating group) is 1. The van der Waals surface area contributed by atoms with E-state index in [4.69, 9.17) is 4.74 Å². The first kappa shape index (κ1) is 17.7. The van der Waals surface area contributed by atoms with Crippen LogP contribution in [0.4, 0.5) is 0 Å². The van der Waals surface area contributed by atoms with Gasteiger partial charge in [-0.3, -0.25) is 9.59 Å². The molecule has 0 radical (unpaired) electrons. The van der Waals surface area contributed by atoms with Gasteiger partial charge in [-0.25, -0.2) is 0 Å². The van der Waals surface area contributed by atoms with Crippen molar-refractivity contribution in [2.75, 3.05) is 26.3 Å². The SMILES string of the molecule is CCN(C[C@@H]1CCOC1)C(=O)/C=C/c1ccc(C(=O)NC2CC2)cc1. The molecule has 0 spiro atoms. The van der Waals surface area contributed by atoms with Crippen LogP contribution in [0.25, 0.3) is 6.08 Å². The van der Waals surface area contributed by atoms with E-state index in [1.807, 2.05) is 24.0 Å². The van der Waals surface area contributed by atoms with Crippen molar-refractivity contribution in [3.05, 3.63) is 41.5 Å². The number of nitrogens with one attached hydrogen (secondary N) is 1. The molecule has 1 aromatic carbocycles. The van der Waals surface area contributed by atoms with Crippen molar-refractivity contribution in [1.29, 1.82) is 0 Å². The first-order valence-electron chi connectivity index (χ1n) is 9.11. The molecular formula is C20H26N2O3. The maximum absolute atomic E-state index is 12.4. The molecule has 0 bridgehead atoms. The summed E-state index contributed by atoms with van der Waals surface area (Å²) in [5.74, 6) is 0.441. The minimum absolute atomic E-state index is 0.0185. The maximum Gasteiger partial charge on any atom is 0.251 e. The summed E-state index contributed by atoms with van der Waals surface area (Å²) in [5, 5.41) is 2.97. The average Bonchev–Trinajstić information content (AvgIpc) is 3.29. The molecule has 1 aliphatic heterocycles. The minimum Gasteiger partial charge on any atom is -0.381 e. The van der Waals surface area contributed by atoms with E-state index in [9.17, 15) is 9.59 Å². The number of rotatable bonds is 7. The zero-order valence-electron chi connectivity index (χ0n) is 14.7. The molecule has 1 N–H and O–H groups in total. The Morgan fingerprint density at radius 3 is 2.60 bits per heavy atom. The monoisotopic (exact) mass is 342 g/mol. The summed E-state index contributed by atoms with van der Waals surface area (Å²) in [7, 11) is 0. The molecule has 1 aliphatic carbocycles. The van der Waals surface area contributed by atoms with Crippen LogP contribution in [0.5, 0.6) is 0 Å². The molecular weight excluding hydrogens is 316 g/mol. The molecule has 1 atom stereocenters. The van der Waals surface area contributed by atoms with E-state index in [0.29, 0.717) is 24.1 Å². The normalized spacial score (nSPS) is 20.0. The van der Waals surface area contributed by atoms with E-state index in [-0.39, 0.29) is 11.8 Å². The van der Waals surface area contributed by atoms with E-state index in [0.717, 1.165) is 44.6 Å². The quantitative estimate of drug-likeness (QED) is 0.775. The number of carbonyl (C=O) groups is 2. The Balaban J connectivity index is 1.54. The van der Waals surface area contributed by atoms with Gasteiger partial charge in [-0.05, 0) is 50.0 Å². The van der Waals surface area contributed by atoms with Gasteiger partial charge in [-0.1, -0.05) is 12.1 Å². The molecule has 2 amide bonds. The van der Waals surface area contributed by atoms with Crippen molar-refractivity contribution in [1.82, 2.24) is 10.2 Å². The lowest BCUT2D eigenvalue weighted by Gasteiger charge is -2.22. The van der Waals surface area contributed by atoms with Gasteiger partial charge in [0.15, 0.2) is 0 Å². The van der Waals surface area contributed by atoms with Crippen LogP contribution in [0.15, 0.2) is 30.3 Å². The molecule has 1 heterocycles. The molecule has 0 aromatic heterocycles. The summed E-state index contributed by atoms with van der Waals surface area (Å²) in [5.41, 5.74) is 1.57. The van der Waals surface area contributed by atoms with Crippen LogP contribution in [0, 0.1) is 5.92 Å². The topological polar surface area (TPSA) is 58.6 Å². The van der Waals surface area contributed by atoms with Gasteiger partial charge in [0, 0.05) is 43.3 Å². The molecule has 1 saturated heterocycles. The highest BCUT2D eigenvalue weighted by atomic mass is 16.5. The molecule has 3 rings (SSSR count). The molecule has 1 aromatic rings. The lowest BCUT2D eigenvalue weighted by atomic mass is 10.1. The Bertz CT molecular complexity index is 629. The third-order valence-electron chi connectivity index (χ3n) is 4.70. The summed E-state index contributed by atoms with van der Waals surface area (Å²) < 4.78 is 5.38. The van der Waals surface area contributed by atoms with Gasteiger partial charge in [-0.2, -0.15) is 0 Å². The predicted molar refractivity (Wildman–Crippen MR) is 97.1 cm³/mol. The average molecular weight is 342 g/mol. The third kappa shape index (κ3) is 5.16. The fraction of sp³-hybridized carbons (Fsp3) is 0.500. The van der Waals surface area contributed by atoms with Crippen LogP contribution in [0.3, 0.4) is 0 Å². The van der Waals surface area contributed by atoms with Crippen LogP contribution in [-0.4, -0.2) is 49.1 Å². The van der Waals surface area contributed by atoms with E-state index in [2.05, 4.69) is 5.32 Å². The summed E-state index contributed by atoms with van der Waals surface area (Å²) in [6.07, 6.45) is 6.60. The number of hydrogen-bond acceptors (Lipinski definition) is 3. The fourth-order valence-corrected chi connectivity index (χ4v) is 2.93. The van der Waals surface area contributed by atoms with Crippen molar-refractivity contribution in [3.8, 4) is 0 Å². The van der Waals surface area contributed by atoms with Gasteiger partial charge >= 0.3 is 0 Å². The fourth-order valence-electron chi connectivity index (χ4n) is 2.93. The van der Waals surface area contributed by atoms with E-state index >= 15 is 0 Å². The number of benzene rings is 1. The van der Waals surface area contributed by atoms with E-state index in [1.165, 1.54) is 0 Å². The maximum atomic E-state index is 12.4. The number of carbonyl (C=O) groups excluding carboxylic acids is 2. The highest BCUT2D eigenvalue weighted by molar-refractivity contribution is 5.95. The van der Waals surface area contributed by atoms with Crippen molar-refractivity contribution in [2.24, 2.45) is 5.92 Å². The molecule has 25 heavy (non-hydrogen) atoms. The lowest BCUT2D eigenvalue weighted by Crippen LogP contribution is -2.34. The van der Waals surface area contributed by atoms with Gasteiger partial charge < -0.3 is 15.0 Å². The summed E-state index contributed by atoms with van der Waals surface area (Å²) in [4.78, 5) is 26.2. The second-order valence-electron chi connectivity index (χ2n) is 6.81.